The Morgan fingerprint density at radius 2 is 1.96 bits per heavy atom. The van der Waals surface area contributed by atoms with E-state index in [1.807, 2.05) is 7.05 Å². The molecular weight excluding hydrogens is 469 g/mol. The lowest BCUT2D eigenvalue weighted by molar-refractivity contribution is -0.123. The van der Waals surface area contributed by atoms with E-state index in [0.29, 0.717) is 5.41 Å². The van der Waals surface area contributed by atoms with Crippen LogP contribution in [0.1, 0.15) is 51.4 Å². The van der Waals surface area contributed by atoms with Gasteiger partial charge >= 0.3 is 0 Å². The lowest BCUT2D eigenvalue weighted by Gasteiger charge is -2.42. The average Bonchev–Trinajstić information content (AvgIpc) is 2.65. The highest BCUT2D eigenvalue weighted by molar-refractivity contribution is 14.0. The minimum Gasteiger partial charge on any atom is -0.385 e. The predicted molar refractivity (Wildman–Crippen MR) is 125 cm³/mol. The van der Waals surface area contributed by atoms with Crippen LogP contribution in [-0.4, -0.2) is 70.3 Å². The zero-order chi connectivity index (χ0) is 19.5. The summed E-state index contributed by atoms with van der Waals surface area (Å²) in [6.45, 7) is 5.83. The van der Waals surface area contributed by atoms with Gasteiger partial charge < -0.3 is 26.0 Å². The molecule has 4 N–H and O–H groups in total. The topological polar surface area (TPSA) is 92.0 Å². The summed E-state index contributed by atoms with van der Waals surface area (Å²) in [6, 6.07) is 0. The number of guanidine groups is 1. The number of methoxy groups -OCH3 is 1. The van der Waals surface area contributed by atoms with Gasteiger partial charge in [0.1, 0.15) is 0 Å². The molecule has 2 fully saturated rings. The van der Waals surface area contributed by atoms with Gasteiger partial charge in [0, 0.05) is 39.8 Å². The van der Waals surface area contributed by atoms with E-state index in [-0.39, 0.29) is 35.8 Å². The maximum absolute atomic E-state index is 11.2. The minimum atomic E-state index is -0.136. The number of nitrogens with two attached hydrogens (primary N) is 1. The highest BCUT2D eigenvalue weighted by Gasteiger charge is 2.36. The molecule has 0 atom stereocenters. The second-order valence-corrected chi connectivity index (χ2v) is 8.17. The molecule has 0 aromatic carbocycles. The van der Waals surface area contributed by atoms with E-state index in [9.17, 15) is 4.79 Å². The molecule has 7 nitrogen and oxygen atoms in total. The normalized spacial score (nSPS) is 20.1. The third kappa shape index (κ3) is 8.41. The maximum atomic E-state index is 11.2. The quantitative estimate of drug-likeness (QED) is 0.172. The molecule has 1 aliphatic heterocycles. The number of nitrogens with zero attached hydrogens (tertiary/aromatic N) is 2. The fourth-order valence-corrected chi connectivity index (χ4v) is 4.11. The van der Waals surface area contributed by atoms with Crippen molar-refractivity contribution in [3.05, 3.63) is 0 Å². The Kier molecular flexibility index (Phi) is 12.3. The van der Waals surface area contributed by atoms with E-state index in [0.717, 1.165) is 77.4 Å². The number of nitrogens with one attached hydrogen (secondary N) is 2. The number of aliphatic imine (C=N–C) groups is 1. The monoisotopic (exact) mass is 509 g/mol. The lowest BCUT2D eigenvalue weighted by atomic mass is 9.67. The fourth-order valence-electron chi connectivity index (χ4n) is 4.11. The SMILES string of the molecule is CN=C(NCCCCN1CCC(C(N)=O)CC1)NCC1(CCOC)CCC1.I. The van der Waals surface area contributed by atoms with Crippen molar-refractivity contribution in [2.75, 3.05) is 53.5 Å². The first-order valence-electron chi connectivity index (χ1n) is 10.5. The van der Waals surface area contributed by atoms with Crippen molar-refractivity contribution in [1.82, 2.24) is 15.5 Å². The van der Waals surface area contributed by atoms with Gasteiger partial charge in [-0.05, 0) is 70.0 Å². The van der Waals surface area contributed by atoms with Crippen LogP contribution in [0.15, 0.2) is 4.99 Å². The molecule has 0 aromatic rings. The first-order valence-corrected chi connectivity index (χ1v) is 10.5. The Balaban J connectivity index is 0.00000392. The predicted octanol–water partition coefficient (Wildman–Crippen LogP) is 1.95. The molecule has 28 heavy (non-hydrogen) atoms. The van der Waals surface area contributed by atoms with Gasteiger partial charge in [-0.2, -0.15) is 0 Å². The van der Waals surface area contributed by atoms with Gasteiger partial charge in [0.25, 0.3) is 0 Å². The zero-order valence-corrected chi connectivity index (χ0v) is 20.0. The molecule has 0 radical (unpaired) electrons. The molecule has 0 unspecified atom stereocenters. The smallest absolute Gasteiger partial charge is 0.220 e. The molecule has 2 aliphatic rings. The first-order chi connectivity index (χ1) is 13.1. The highest BCUT2D eigenvalue weighted by atomic mass is 127. The van der Waals surface area contributed by atoms with Gasteiger partial charge in [-0.15, -0.1) is 24.0 Å². The fraction of sp³-hybridized carbons (Fsp3) is 0.900. The second kappa shape index (κ2) is 13.6. The summed E-state index contributed by atoms with van der Waals surface area (Å²) in [4.78, 5) is 18.0. The summed E-state index contributed by atoms with van der Waals surface area (Å²) >= 11 is 0. The van der Waals surface area contributed by atoms with Crippen molar-refractivity contribution >= 4 is 35.8 Å². The number of carbonyl (C=O) groups excluding carboxylic acids is 1. The summed E-state index contributed by atoms with van der Waals surface area (Å²) in [5.74, 6) is 0.852. The van der Waals surface area contributed by atoms with Crippen molar-refractivity contribution < 1.29 is 9.53 Å². The van der Waals surface area contributed by atoms with Crippen LogP contribution < -0.4 is 16.4 Å². The lowest BCUT2D eigenvalue weighted by Crippen LogP contribution is -2.47. The van der Waals surface area contributed by atoms with Crippen LogP contribution in [0.3, 0.4) is 0 Å². The number of rotatable bonds is 11. The number of halogens is 1. The van der Waals surface area contributed by atoms with Gasteiger partial charge in [0.15, 0.2) is 5.96 Å². The van der Waals surface area contributed by atoms with Gasteiger partial charge in [-0.25, -0.2) is 0 Å². The van der Waals surface area contributed by atoms with Gasteiger partial charge in [0.05, 0.1) is 0 Å². The van der Waals surface area contributed by atoms with Crippen LogP contribution in [0.2, 0.25) is 0 Å². The van der Waals surface area contributed by atoms with Crippen molar-refractivity contribution in [1.29, 1.82) is 0 Å². The molecular formula is C20H40IN5O2. The maximum Gasteiger partial charge on any atom is 0.220 e. The van der Waals surface area contributed by atoms with Crippen LogP contribution >= 0.6 is 24.0 Å². The number of primary amides is 1. The number of hydrogen-bond acceptors (Lipinski definition) is 4. The van der Waals surface area contributed by atoms with Gasteiger partial charge in [0.2, 0.25) is 5.91 Å². The summed E-state index contributed by atoms with van der Waals surface area (Å²) in [5, 5.41) is 6.94. The molecule has 2 rings (SSSR count). The van der Waals surface area contributed by atoms with Crippen LogP contribution in [0.4, 0.5) is 0 Å². The number of unbranched alkanes of at least 4 members (excludes halogenated alkanes) is 1. The van der Waals surface area contributed by atoms with E-state index >= 15 is 0 Å². The summed E-state index contributed by atoms with van der Waals surface area (Å²) in [6.07, 6.45) is 9.12. The van der Waals surface area contributed by atoms with Crippen LogP contribution in [0, 0.1) is 11.3 Å². The van der Waals surface area contributed by atoms with Crippen LogP contribution in [0.5, 0.6) is 0 Å². The Morgan fingerprint density at radius 1 is 1.25 bits per heavy atom. The first kappa shape index (κ1) is 25.4. The molecule has 0 aromatic heterocycles. The molecule has 1 heterocycles. The largest absolute Gasteiger partial charge is 0.385 e. The standard InChI is InChI=1S/C20H39N5O2.HI/c1-22-19(24-16-20(8-5-9-20)10-15-27-2)23-11-3-4-12-25-13-6-17(7-14-25)18(21)26;/h17H,3-16H2,1-2H3,(H2,21,26)(H2,22,23,24);1H. The second-order valence-electron chi connectivity index (χ2n) is 8.17. The summed E-state index contributed by atoms with van der Waals surface area (Å²) in [7, 11) is 3.61. The molecule has 164 valence electrons. The highest BCUT2D eigenvalue weighted by Crippen LogP contribution is 2.43. The van der Waals surface area contributed by atoms with Gasteiger partial charge in [-0.3, -0.25) is 9.79 Å². The third-order valence-electron chi connectivity index (χ3n) is 6.29. The van der Waals surface area contributed by atoms with E-state index < -0.39 is 0 Å². The van der Waals surface area contributed by atoms with Crippen molar-refractivity contribution in [2.45, 2.75) is 51.4 Å². The summed E-state index contributed by atoms with van der Waals surface area (Å²) < 4.78 is 5.27. The number of hydrogen-bond donors (Lipinski definition) is 3. The van der Waals surface area contributed by atoms with E-state index in [1.165, 1.54) is 19.3 Å². The summed E-state index contributed by atoms with van der Waals surface area (Å²) in [5.41, 5.74) is 5.79. The number of likely N-dealkylation sites (tertiary alicyclic amines) is 1. The molecule has 1 amide bonds. The molecule has 1 saturated heterocycles. The van der Waals surface area contributed by atoms with Crippen molar-refractivity contribution in [3.8, 4) is 0 Å². The van der Waals surface area contributed by atoms with Crippen LogP contribution in [-0.2, 0) is 9.53 Å². The Labute approximate surface area is 187 Å². The number of piperidine rings is 1. The van der Waals surface area contributed by atoms with Crippen molar-refractivity contribution in [2.24, 2.45) is 22.1 Å². The Hall–Kier alpha value is -0.610. The van der Waals surface area contributed by atoms with E-state index in [4.69, 9.17) is 10.5 Å². The Bertz CT molecular complexity index is 477. The molecule has 8 heteroatoms. The van der Waals surface area contributed by atoms with Crippen molar-refractivity contribution in [3.63, 3.8) is 0 Å². The molecule has 0 bridgehead atoms. The molecule has 0 spiro atoms. The zero-order valence-electron chi connectivity index (χ0n) is 17.7. The average molecular weight is 509 g/mol. The number of carbonyl (C=O) groups is 1. The number of amides is 1. The van der Waals surface area contributed by atoms with E-state index in [1.54, 1.807) is 7.11 Å². The van der Waals surface area contributed by atoms with Gasteiger partial charge in [-0.1, -0.05) is 6.42 Å². The Morgan fingerprint density at radius 3 is 2.50 bits per heavy atom. The minimum absolute atomic E-state index is 0. The van der Waals surface area contributed by atoms with Crippen LogP contribution in [0.25, 0.3) is 0 Å². The third-order valence-corrected chi connectivity index (χ3v) is 6.29. The molecule has 1 saturated carbocycles. The molecule has 1 aliphatic carbocycles. The number of ether oxygens (including phenoxy) is 1. The van der Waals surface area contributed by atoms with E-state index in [2.05, 4.69) is 20.5 Å².